The Kier molecular flexibility index (Phi) is 4.04. The van der Waals surface area contributed by atoms with Crippen LogP contribution >= 0.6 is 0 Å². The summed E-state index contributed by atoms with van der Waals surface area (Å²) in [5.74, 6) is -8.68. The molecular formula is C18H8O10. The van der Waals surface area contributed by atoms with Gasteiger partial charge in [0.05, 0.1) is 22.3 Å². The Bertz CT molecular complexity index is 1070. The lowest BCUT2D eigenvalue weighted by molar-refractivity contribution is 0.0676. The summed E-state index contributed by atoms with van der Waals surface area (Å²) in [7, 11) is 0. The molecule has 1 aliphatic rings. The Labute approximate surface area is 154 Å². The van der Waals surface area contributed by atoms with Gasteiger partial charge in [0, 0.05) is 22.3 Å². The highest BCUT2D eigenvalue weighted by Gasteiger charge is 2.38. The number of benzene rings is 2. The summed E-state index contributed by atoms with van der Waals surface area (Å²) >= 11 is 0. The van der Waals surface area contributed by atoms with Gasteiger partial charge in [-0.2, -0.15) is 0 Å². The van der Waals surface area contributed by atoms with E-state index in [1.807, 2.05) is 0 Å². The van der Waals surface area contributed by atoms with E-state index in [1.54, 1.807) is 0 Å². The Hall–Kier alpha value is -4.34. The zero-order chi connectivity index (χ0) is 20.9. The molecule has 4 N–H and O–H groups in total. The van der Waals surface area contributed by atoms with E-state index in [4.69, 9.17) is 10.2 Å². The summed E-state index contributed by atoms with van der Waals surface area (Å²) in [6.07, 6.45) is 0. The summed E-state index contributed by atoms with van der Waals surface area (Å²) in [5.41, 5.74) is -5.14. The van der Waals surface area contributed by atoms with E-state index >= 15 is 0 Å². The van der Waals surface area contributed by atoms with E-state index in [1.165, 1.54) is 0 Å². The van der Waals surface area contributed by atoms with Gasteiger partial charge in [-0.3, -0.25) is 9.59 Å². The van der Waals surface area contributed by atoms with Gasteiger partial charge >= 0.3 is 23.9 Å². The molecule has 0 heterocycles. The number of rotatable bonds is 4. The van der Waals surface area contributed by atoms with Crippen LogP contribution in [0.4, 0.5) is 0 Å². The van der Waals surface area contributed by atoms with Crippen LogP contribution in [0.1, 0.15) is 73.3 Å². The maximum atomic E-state index is 12.9. The predicted octanol–water partition coefficient (Wildman–Crippen LogP) is 1.25. The molecule has 10 nitrogen and oxygen atoms in total. The minimum atomic E-state index is -1.69. The maximum Gasteiger partial charge on any atom is 0.336 e. The second kappa shape index (κ2) is 6.13. The fourth-order valence-corrected chi connectivity index (χ4v) is 2.99. The maximum absolute atomic E-state index is 12.9. The first-order valence-electron chi connectivity index (χ1n) is 7.43. The molecule has 0 saturated heterocycles. The molecule has 2 aromatic rings. The minimum absolute atomic E-state index is 0.561. The van der Waals surface area contributed by atoms with Crippen LogP contribution in [0, 0.1) is 0 Å². The van der Waals surface area contributed by atoms with Gasteiger partial charge in [-0.25, -0.2) is 19.2 Å². The molecule has 10 heteroatoms. The molecule has 0 spiro atoms. The molecule has 28 heavy (non-hydrogen) atoms. The SMILES string of the molecule is O=C(O)c1cc(C(=O)O)c2c(c1)C(=O)c1cc(C(=O)O)cc(C(=O)O)c1C2=O. The second-order valence-electron chi connectivity index (χ2n) is 5.77. The fourth-order valence-electron chi connectivity index (χ4n) is 2.99. The van der Waals surface area contributed by atoms with Crippen LogP contribution in [0.15, 0.2) is 24.3 Å². The first kappa shape index (κ1) is 18.5. The van der Waals surface area contributed by atoms with E-state index in [2.05, 4.69) is 0 Å². The van der Waals surface area contributed by atoms with E-state index in [0.717, 1.165) is 12.1 Å². The van der Waals surface area contributed by atoms with Crippen molar-refractivity contribution in [2.45, 2.75) is 0 Å². The summed E-state index contributed by atoms with van der Waals surface area (Å²) in [5, 5.41) is 36.9. The fraction of sp³-hybridized carbons (Fsp3) is 0. The van der Waals surface area contributed by atoms with Crippen molar-refractivity contribution in [3.63, 3.8) is 0 Å². The molecule has 2 aromatic carbocycles. The Morgan fingerprint density at radius 1 is 0.536 bits per heavy atom. The summed E-state index contributed by atoms with van der Waals surface area (Å²) in [4.78, 5) is 71.2. The van der Waals surface area contributed by atoms with Crippen molar-refractivity contribution in [3.05, 3.63) is 68.8 Å². The summed E-state index contributed by atoms with van der Waals surface area (Å²) in [6.45, 7) is 0. The molecule has 0 saturated carbocycles. The number of aromatic carboxylic acids is 4. The lowest BCUT2D eigenvalue weighted by Crippen LogP contribution is -2.28. The predicted molar refractivity (Wildman–Crippen MR) is 87.6 cm³/mol. The Morgan fingerprint density at radius 3 is 1.18 bits per heavy atom. The van der Waals surface area contributed by atoms with Gasteiger partial charge in [-0.15, -0.1) is 0 Å². The van der Waals surface area contributed by atoms with Gasteiger partial charge in [0.25, 0.3) is 0 Å². The van der Waals surface area contributed by atoms with Crippen molar-refractivity contribution in [2.24, 2.45) is 0 Å². The number of carbonyl (C=O) groups excluding carboxylic acids is 2. The first-order chi connectivity index (χ1) is 13.0. The lowest BCUT2D eigenvalue weighted by atomic mass is 9.78. The third-order valence-corrected chi connectivity index (χ3v) is 4.17. The Morgan fingerprint density at radius 2 is 0.893 bits per heavy atom. The number of fused-ring (bicyclic) bond motifs is 2. The van der Waals surface area contributed by atoms with E-state index in [0.29, 0.717) is 12.1 Å². The average Bonchev–Trinajstić information content (AvgIpc) is 2.63. The van der Waals surface area contributed by atoms with Crippen molar-refractivity contribution in [2.75, 3.05) is 0 Å². The van der Waals surface area contributed by atoms with Gasteiger partial charge in [-0.05, 0) is 24.3 Å². The molecule has 0 fully saturated rings. The van der Waals surface area contributed by atoms with E-state index in [9.17, 15) is 39.0 Å². The topological polar surface area (TPSA) is 183 Å². The van der Waals surface area contributed by atoms with Crippen molar-refractivity contribution >= 4 is 35.4 Å². The standard InChI is InChI=1S/C18H8O10/c19-13-7-1-5(15(21)22)3-9(17(25)26)11(7)14(20)12-8(13)2-6(16(23)24)4-10(12)18(27)28/h1-4H,(H,21,22)(H,23,24)(H,25,26)(H,27,28). The highest BCUT2D eigenvalue weighted by atomic mass is 16.4. The molecule has 0 amide bonds. The van der Waals surface area contributed by atoms with Crippen molar-refractivity contribution in [1.82, 2.24) is 0 Å². The molecule has 0 unspecified atom stereocenters. The summed E-state index contributed by atoms with van der Waals surface area (Å²) in [6, 6.07) is 2.96. The molecule has 0 atom stereocenters. The third kappa shape index (κ3) is 2.60. The molecule has 3 rings (SSSR count). The number of carbonyl (C=O) groups is 6. The van der Waals surface area contributed by atoms with Crippen LogP contribution in [0.3, 0.4) is 0 Å². The number of hydrogen-bond donors (Lipinski definition) is 4. The van der Waals surface area contributed by atoms with Crippen molar-refractivity contribution in [1.29, 1.82) is 0 Å². The second-order valence-corrected chi connectivity index (χ2v) is 5.77. The van der Waals surface area contributed by atoms with Gasteiger partial charge in [0.2, 0.25) is 0 Å². The van der Waals surface area contributed by atoms with Crippen LogP contribution in [0.5, 0.6) is 0 Å². The number of carboxylic acid groups (broad SMARTS) is 4. The van der Waals surface area contributed by atoms with E-state index < -0.39 is 80.0 Å². The molecule has 0 aromatic heterocycles. The minimum Gasteiger partial charge on any atom is -0.478 e. The van der Waals surface area contributed by atoms with Gasteiger partial charge in [-0.1, -0.05) is 0 Å². The number of ketones is 2. The van der Waals surface area contributed by atoms with Crippen molar-refractivity contribution in [3.8, 4) is 0 Å². The molecule has 140 valence electrons. The van der Waals surface area contributed by atoms with Crippen LogP contribution < -0.4 is 0 Å². The largest absolute Gasteiger partial charge is 0.478 e. The van der Waals surface area contributed by atoms with Crippen LogP contribution in [-0.4, -0.2) is 55.9 Å². The van der Waals surface area contributed by atoms with Crippen molar-refractivity contribution < 1.29 is 49.2 Å². The van der Waals surface area contributed by atoms with Crippen LogP contribution in [0.25, 0.3) is 0 Å². The zero-order valence-electron chi connectivity index (χ0n) is 13.5. The quantitative estimate of drug-likeness (QED) is 0.510. The van der Waals surface area contributed by atoms with Crippen LogP contribution in [-0.2, 0) is 0 Å². The van der Waals surface area contributed by atoms with Gasteiger partial charge in [0.15, 0.2) is 11.6 Å². The molecule has 0 aliphatic heterocycles. The lowest BCUT2D eigenvalue weighted by Gasteiger charge is -2.21. The highest BCUT2D eigenvalue weighted by Crippen LogP contribution is 2.33. The third-order valence-electron chi connectivity index (χ3n) is 4.17. The normalized spacial score (nSPS) is 12.1. The highest BCUT2D eigenvalue weighted by molar-refractivity contribution is 6.33. The van der Waals surface area contributed by atoms with Crippen LogP contribution in [0.2, 0.25) is 0 Å². The molecule has 1 aliphatic carbocycles. The number of hydrogen-bond acceptors (Lipinski definition) is 6. The average molecular weight is 384 g/mol. The van der Waals surface area contributed by atoms with E-state index in [-0.39, 0.29) is 0 Å². The van der Waals surface area contributed by atoms with Gasteiger partial charge in [0.1, 0.15) is 0 Å². The molecular weight excluding hydrogens is 376 g/mol. The zero-order valence-corrected chi connectivity index (χ0v) is 13.5. The monoisotopic (exact) mass is 384 g/mol. The smallest absolute Gasteiger partial charge is 0.336 e. The number of carboxylic acids is 4. The molecule has 0 radical (unpaired) electrons. The molecule has 0 bridgehead atoms. The van der Waals surface area contributed by atoms with Gasteiger partial charge < -0.3 is 20.4 Å². The Balaban J connectivity index is 2.45. The summed E-state index contributed by atoms with van der Waals surface area (Å²) < 4.78 is 0. The first-order valence-corrected chi connectivity index (χ1v) is 7.43.